The van der Waals surface area contributed by atoms with Crippen molar-refractivity contribution in [1.82, 2.24) is 14.1 Å². The number of sulfonamides is 1. The van der Waals surface area contributed by atoms with E-state index in [1.165, 1.54) is 10.5 Å². The summed E-state index contributed by atoms with van der Waals surface area (Å²) < 4.78 is 34.5. The van der Waals surface area contributed by atoms with Crippen molar-refractivity contribution in [2.75, 3.05) is 32.9 Å². The van der Waals surface area contributed by atoms with E-state index in [2.05, 4.69) is 5.10 Å². The zero-order valence-electron chi connectivity index (χ0n) is 13.7. The summed E-state index contributed by atoms with van der Waals surface area (Å²) in [4.78, 5) is 0.210. The minimum Gasteiger partial charge on any atom is -0.396 e. The first-order chi connectivity index (χ1) is 12.1. The van der Waals surface area contributed by atoms with Crippen LogP contribution in [0.25, 0.3) is 0 Å². The molecule has 25 heavy (non-hydrogen) atoms. The molecule has 2 aliphatic heterocycles. The van der Waals surface area contributed by atoms with Crippen molar-refractivity contribution >= 4 is 21.4 Å². The highest BCUT2D eigenvalue weighted by Crippen LogP contribution is 2.36. The van der Waals surface area contributed by atoms with Gasteiger partial charge in [0.1, 0.15) is 4.90 Å². The van der Waals surface area contributed by atoms with Crippen molar-refractivity contribution in [3.8, 4) is 0 Å². The van der Waals surface area contributed by atoms with E-state index < -0.39 is 10.0 Å². The molecule has 0 bridgehead atoms. The maximum atomic E-state index is 13.0. The van der Waals surface area contributed by atoms with Gasteiger partial charge in [-0.25, -0.2) is 8.42 Å². The van der Waals surface area contributed by atoms with E-state index in [9.17, 15) is 13.5 Å². The highest BCUT2D eigenvalue weighted by molar-refractivity contribution is 7.89. The van der Waals surface area contributed by atoms with Crippen LogP contribution in [0.15, 0.2) is 34.1 Å². The van der Waals surface area contributed by atoms with Gasteiger partial charge in [-0.3, -0.25) is 4.68 Å². The average molecular weight is 383 g/mol. The molecule has 0 radical (unpaired) electrons. The van der Waals surface area contributed by atoms with Gasteiger partial charge in [0.25, 0.3) is 0 Å². The average Bonchev–Trinajstić information content (AvgIpc) is 3.42. The van der Waals surface area contributed by atoms with Gasteiger partial charge in [-0.15, -0.1) is 0 Å². The lowest BCUT2D eigenvalue weighted by molar-refractivity contribution is 0.184. The fourth-order valence-corrected chi connectivity index (χ4v) is 5.80. The predicted molar refractivity (Wildman–Crippen MR) is 93.1 cm³/mol. The lowest BCUT2D eigenvalue weighted by Crippen LogP contribution is -2.29. The van der Waals surface area contributed by atoms with Crippen LogP contribution in [0.5, 0.6) is 0 Å². The Morgan fingerprint density at radius 2 is 2.28 bits per heavy atom. The quantitative estimate of drug-likeness (QED) is 0.841. The van der Waals surface area contributed by atoms with Gasteiger partial charge in [-0.2, -0.15) is 20.7 Å². The Bertz CT molecular complexity index is 812. The van der Waals surface area contributed by atoms with E-state index in [1.807, 2.05) is 16.8 Å². The summed E-state index contributed by atoms with van der Waals surface area (Å²) in [6.07, 6.45) is 3.86. The molecular weight excluding hydrogens is 362 g/mol. The third kappa shape index (κ3) is 3.15. The fraction of sp³-hybridized carbons (Fsp3) is 0.562. The van der Waals surface area contributed by atoms with E-state index in [0.717, 1.165) is 12.0 Å². The summed E-state index contributed by atoms with van der Waals surface area (Å²) in [5.41, 5.74) is 1.10. The molecule has 3 atom stereocenters. The molecule has 2 aliphatic rings. The summed E-state index contributed by atoms with van der Waals surface area (Å²) in [5, 5.41) is 17.9. The molecule has 0 saturated carbocycles. The van der Waals surface area contributed by atoms with Crippen molar-refractivity contribution in [3.05, 3.63) is 34.8 Å². The Labute approximate surface area is 150 Å². The molecule has 2 aromatic rings. The van der Waals surface area contributed by atoms with Crippen LogP contribution in [-0.4, -0.2) is 60.5 Å². The number of hydrogen-bond donors (Lipinski definition) is 1. The van der Waals surface area contributed by atoms with Crippen LogP contribution in [0.4, 0.5) is 0 Å². The summed E-state index contributed by atoms with van der Waals surface area (Å²) in [6, 6.07) is 2.11. The first-order valence-corrected chi connectivity index (χ1v) is 10.7. The van der Waals surface area contributed by atoms with Crippen LogP contribution in [0.3, 0.4) is 0 Å². The molecule has 0 spiro atoms. The van der Waals surface area contributed by atoms with Crippen LogP contribution < -0.4 is 0 Å². The van der Waals surface area contributed by atoms with Gasteiger partial charge in [-0.1, -0.05) is 0 Å². The molecule has 0 unspecified atom stereocenters. The number of aliphatic hydroxyl groups excluding tert-OH is 1. The maximum absolute atomic E-state index is 13.0. The van der Waals surface area contributed by atoms with Crippen molar-refractivity contribution in [2.45, 2.75) is 23.3 Å². The topological polar surface area (TPSA) is 84.7 Å². The first-order valence-electron chi connectivity index (χ1n) is 8.34. The van der Waals surface area contributed by atoms with Gasteiger partial charge in [0.2, 0.25) is 10.0 Å². The van der Waals surface area contributed by atoms with E-state index in [0.29, 0.717) is 26.3 Å². The second-order valence-corrected chi connectivity index (χ2v) is 9.32. The van der Waals surface area contributed by atoms with E-state index >= 15 is 0 Å². The van der Waals surface area contributed by atoms with Gasteiger partial charge in [0, 0.05) is 44.3 Å². The third-order valence-corrected chi connectivity index (χ3v) is 7.59. The van der Waals surface area contributed by atoms with Crippen LogP contribution in [0.2, 0.25) is 0 Å². The van der Waals surface area contributed by atoms with Gasteiger partial charge < -0.3 is 9.84 Å². The summed E-state index contributed by atoms with van der Waals surface area (Å²) in [6.45, 7) is 1.95. The standard InChI is InChI=1S/C16H21N3O4S2/c20-9-13-6-18(8-16(13)12-2-4-24-11-12)25(21,22)15-5-17-19(7-15)14-1-3-23-10-14/h2,4-5,7,11,13-14,16,20H,1,3,6,8-10H2/t13-,14+,16+/m0/s1. The molecule has 2 saturated heterocycles. The maximum Gasteiger partial charge on any atom is 0.246 e. The number of aromatic nitrogens is 2. The largest absolute Gasteiger partial charge is 0.396 e. The fourth-order valence-electron chi connectivity index (χ4n) is 3.61. The van der Waals surface area contributed by atoms with Crippen molar-refractivity contribution in [1.29, 1.82) is 0 Å². The molecule has 4 heterocycles. The summed E-state index contributed by atoms with van der Waals surface area (Å²) in [5.74, 6) is -0.0491. The lowest BCUT2D eigenvalue weighted by Gasteiger charge is -2.15. The monoisotopic (exact) mass is 383 g/mol. The smallest absolute Gasteiger partial charge is 0.246 e. The minimum atomic E-state index is -3.61. The molecule has 0 aliphatic carbocycles. The number of rotatable bonds is 5. The Kier molecular flexibility index (Phi) is 4.67. The molecule has 2 fully saturated rings. The molecule has 1 N–H and O–H groups in total. The van der Waals surface area contributed by atoms with Crippen LogP contribution >= 0.6 is 11.3 Å². The Balaban J connectivity index is 1.56. The van der Waals surface area contributed by atoms with E-state index in [4.69, 9.17) is 4.74 Å². The molecule has 0 amide bonds. The summed E-state index contributed by atoms with van der Waals surface area (Å²) in [7, 11) is -3.61. The first kappa shape index (κ1) is 17.2. The molecular formula is C16H21N3O4S2. The minimum absolute atomic E-state index is 0.0226. The normalized spacial score (nSPS) is 28.0. The Morgan fingerprint density at radius 1 is 1.40 bits per heavy atom. The lowest BCUT2D eigenvalue weighted by atomic mass is 9.92. The second-order valence-electron chi connectivity index (χ2n) is 6.60. The molecule has 136 valence electrons. The Morgan fingerprint density at radius 3 is 2.96 bits per heavy atom. The van der Waals surface area contributed by atoms with Gasteiger partial charge in [0.15, 0.2) is 0 Å². The number of thiophene rings is 1. The molecule has 9 heteroatoms. The van der Waals surface area contributed by atoms with Gasteiger partial charge >= 0.3 is 0 Å². The third-order valence-electron chi connectivity index (χ3n) is 5.11. The predicted octanol–water partition coefficient (Wildman–Crippen LogP) is 1.30. The van der Waals surface area contributed by atoms with Crippen molar-refractivity contribution in [2.24, 2.45) is 5.92 Å². The molecule has 2 aromatic heterocycles. The van der Waals surface area contributed by atoms with Crippen LogP contribution in [-0.2, 0) is 14.8 Å². The number of nitrogens with zero attached hydrogens (tertiary/aromatic N) is 3. The number of hydrogen-bond acceptors (Lipinski definition) is 6. The summed E-state index contributed by atoms with van der Waals surface area (Å²) >= 11 is 1.59. The van der Waals surface area contributed by atoms with E-state index in [-0.39, 0.29) is 29.4 Å². The van der Waals surface area contributed by atoms with Crippen LogP contribution in [0.1, 0.15) is 23.9 Å². The second kappa shape index (κ2) is 6.81. The molecule has 0 aromatic carbocycles. The van der Waals surface area contributed by atoms with E-state index in [1.54, 1.807) is 22.2 Å². The Hall–Kier alpha value is -1.26. The van der Waals surface area contributed by atoms with Crippen molar-refractivity contribution < 1.29 is 18.3 Å². The molecule has 4 rings (SSSR count). The number of ether oxygens (including phenoxy) is 1. The van der Waals surface area contributed by atoms with Crippen LogP contribution in [0, 0.1) is 5.92 Å². The number of aliphatic hydroxyl groups is 1. The molecule has 7 nitrogen and oxygen atoms in total. The zero-order valence-corrected chi connectivity index (χ0v) is 15.3. The van der Waals surface area contributed by atoms with Gasteiger partial charge in [-0.05, 0) is 28.8 Å². The highest BCUT2D eigenvalue weighted by Gasteiger charge is 2.40. The highest BCUT2D eigenvalue weighted by atomic mass is 32.2. The zero-order chi connectivity index (χ0) is 17.4. The SMILES string of the molecule is O=S(=O)(c1cnn([C@@H]2CCOC2)c1)N1C[C@@H](CO)[C@@H](c2ccsc2)C1. The van der Waals surface area contributed by atoms with Gasteiger partial charge in [0.05, 0.1) is 18.8 Å². The van der Waals surface area contributed by atoms with Crippen molar-refractivity contribution in [3.63, 3.8) is 0 Å².